The average Bonchev–Trinajstić information content (AvgIpc) is 2.83. The van der Waals surface area contributed by atoms with Gasteiger partial charge in [0.2, 0.25) is 0 Å². The highest BCUT2D eigenvalue weighted by Crippen LogP contribution is 2.32. The van der Waals surface area contributed by atoms with Crippen molar-refractivity contribution in [3.05, 3.63) is 70.8 Å². The quantitative estimate of drug-likeness (QED) is 0.856. The summed E-state index contributed by atoms with van der Waals surface area (Å²) in [6.07, 6.45) is 2.42. The molecule has 0 radical (unpaired) electrons. The first-order valence-electron chi connectivity index (χ1n) is 7.14. The van der Waals surface area contributed by atoms with Crippen LogP contribution in [0.15, 0.2) is 48.5 Å². The second-order valence-corrected chi connectivity index (χ2v) is 5.59. The highest BCUT2D eigenvalue weighted by atomic mass is 14.9. The Morgan fingerprint density at radius 3 is 2.58 bits per heavy atom. The molecule has 2 aromatic carbocycles. The molecule has 0 amide bonds. The molecule has 1 nitrogen and oxygen atoms in total. The third-order valence-corrected chi connectivity index (χ3v) is 4.16. The highest BCUT2D eigenvalue weighted by Gasteiger charge is 2.23. The predicted molar refractivity (Wildman–Crippen MR) is 80.2 cm³/mol. The van der Waals surface area contributed by atoms with E-state index in [-0.39, 0.29) is 0 Å². The minimum atomic E-state index is 0.400. The van der Waals surface area contributed by atoms with Gasteiger partial charge in [-0.15, -0.1) is 0 Å². The lowest BCUT2D eigenvalue weighted by Crippen LogP contribution is -2.22. The van der Waals surface area contributed by atoms with Gasteiger partial charge in [0.15, 0.2) is 0 Å². The SMILES string of the molecule is Cc1ccc([C@@H](C)NC2CCc3ccccc32)cc1. The van der Waals surface area contributed by atoms with Gasteiger partial charge < -0.3 is 5.32 Å². The topological polar surface area (TPSA) is 12.0 Å². The Bertz CT molecular complexity index is 556. The highest BCUT2D eigenvalue weighted by molar-refractivity contribution is 5.35. The zero-order chi connectivity index (χ0) is 13.2. The molecule has 1 unspecified atom stereocenters. The van der Waals surface area contributed by atoms with Crippen molar-refractivity contribution in [2.45, 2.75) is 38.8 Å². The van der Waals surface area contributed by atoms with Crippen LogP contribution in [0.4, 0.5) is 0 Å². The maximum atomic E-state index is 3.77. The first-order valence-corrected chi connectivity index (χ1v) is 7.14. The Kier molecular flexibility index (Phi) is 3.39. The van der Waals surface area contributed by atoms with Gasteiger partial charge >= 0.3 is 0 Å². The molecule has 0 aliphatic heterocycles. The Balaban J connectivity index is 1.74. The third-order valence-electron chi connectivity index (χ3n) is 4.16. The summed E-state index contributed by atoms with van der Waals surface area (Å²) in [5.41, 5.74) is 5.69. The van der Waals surface area contributed by atoms with Crippen LogP contribution in [0, 0.1) is 6.92 Å². The summed E-state index contributed by atoms with van der Waals surface area (Å²) in [7, 11) is 0. The second kappa shape index (κ2) is 5.18. The number of benzene rings is 2. The molecule has 3 rings (SSSR count). The molecule has 0 saturated heterocycles. The summed E-state index contributed by atoms with van der Waals surface area (Å²) in [6.45, 7) is 4.39. The van der Waals surface area contributed by atoms with Crippen LogP contribution in [-0.2, 0) is 6.42 Å². The first kappa shape index (κ1) is 12.4. The van der Waals surface area contributed by atoms with Gasteiger partial charge in [-0.2, -0.15) is 0 Å². The molecule has 98 valence electrons. The van der Waals surface area contributed by atoms with E-state index in [0.29, 0.717) is 12.1 Å². The van der Waals surface area contributed by atoms with Crippen molar-refractivity contribution in [3.63, 3.8) is 0 Å². The molecule has 0 spiro atoms. The Hall–Kier alpha value is -1.60. The number of rotatable bonds is 3. The lowest BCUT2D eigenvalue weighted by Gasteiger charge is -2.21. The van der Waals surface area contributed by atoms with Crippen LogP contribution >= 0.6 is 0 Å². The zero-order valence-corrected chi connectivity index (χ0v) is 11.7. The van der Waals surface area contributed by atoms with E-state index in [9.17, 15) is 0 Å². The van der Waals surface area contributed by atoms with Gasteiger partial charge in [-0.1, -0.05) is 54.1 Å². The maximum absolute atomic E-state index is 3.77. The van der Waals surface area contributed by atoms with E-state index in [2.05, 4.69) is 67.7 Å². The number of aryl methyl sites for hydroxylation is 2. The fourth-order valence-corrected chi connectivity index (χ4v) is 2.98. The molecule has 1 aliphatic carbocycles. The van der Waals surface area contributed by atoms with E-state index in [1.165, 1.54) is 35.1 Å². The van der Waals surface area contributed by atoms with E-state index in [0.717, 1.165) is 0 Å². The molecule has 1 heteroatoms. The lowest BCUT2D eigenvalue weighted by molar-refractivity contribution is 0.465. The van der Waals surface area contributed by atoms with Crippen LogP contribution in [-0.4, -0.2) is 0 Å². The standard InChI is InChI=1S/C18H21N/c1-13-7-9-15(10-8-13)14(2)19-18-12-11-16-5-3-4-6-17(16)18/h3-10,14,18-19H,11-12H2,1-2H3/t14-,18?/m1/s1. The lowest BCUT2D eigenvalue weighted by atomic mass is 10.0. The van der Waals surface area contributed by atoms with Gasteiger partial charge in [-0.3, -0.25) is 0 Å². The van der Waals surface area contributed by atoms with Crippen LogP contribution in [0.5, 0.6) is 0 Å². The molecule has 1 aliphatic rings. The molecule has 1 N–H and O–H groups in total. The molecule has 19 heavy (non-hydrogen) atoms. The molecule has 0 bridgehead atoms. The van der Waals surface area contributed by atoms with Crippen LogP contribution in [0.1, 0.15) is 47.7 Å². The Morgan fingerprint density at radius 1 is 1.05 bits per heavy atom. The zero-order valence-electron chi connectivity index (χ0n) is 11.7. The minimum Gasteiger partial charge on any atom is -0.303 e. The monoisotopic (exact) mass is 251 g/mol. The Morgan fingerprint density at radius 2 is 1.79 bits per heavy atom. The van der Waals surface area contributed by atoms with Crippen LogP contribution in [0.25, 0.3) is 0 Å². The summed E-state index contributed by atoms with van der Waals surface area (Å²) in [5, 5.41) is 3.77. The molecular weight excluding hydrogens is 230 g/mol. The molecule has 2 atom stereocenters. The van der Waals surface area contributed by atoms with Crippen molar-refractivity contribution in [1.82, 2.24) is 5.32 Å². The maximum Gasteiger partial charge on any atom is 0.0331 e. The summed E-state index contributed by atoms with van der Waals surface area (Å²) < 4.78 is 0. The number of hydrogen-bond donors (Lipinski definition) is 1. The van der Waals surface area contributed by atoms with Gasteiger partial charge in [0.1, 0.15) is 0 Å². The third kappa shape index (κ3) is 2.57. The predicted octanol–water partition coefficient (Wildman–Crippen LogP) is 4.33. The van der Waals surface area contributed by atoms with Crippen LogP contribution in [0.3, 0.4) is 0 Å². The first-order chi connectivity index (χ1) is 9.24. The smallest absolute Gasteiger partial charge is 0.0331 e. The fraction of sp³-hybridized carbons (Fsp3) is 0.333. The minimum absolute atomic E-state index is 0.400. The van der Waals surface area contributed by atoms with Crippen molar-refractivity contribution < 1.29 is 0 Å². The number of fused-ring (bicyclic) bond motifs is 1. The van der Waals surface area contributed by atoms with Gasteiger partial charge in [-0.25, -0.2) is 0 Å². The molecular formula is C18H21N. The molecule has 2 aromatic rings. The van der Waals surface area contributed by atoms with E-state index >= 15 is 0 Å². The fourth-order valence-electron chi connectivity index (χ4n) is 2.98. The summed E-state index contributed by atoms with van der Waals surface area (Å²) in [4.78, 5) is 0. The van der Waals surface area contributed by atoms with Gasteiger partial charge in [0, 0.05) is 12.1 Å². The summed E-state index contributed by atoms with van der Waals surface area (Å²) in [6, 6.07) is 18.6. The van der Waals surface area contributed by atoms with Gasteiger partial charge in [0.05, 0.1) is 0 Å². The number of hydrogen-bond acceptors (Lipinski definition) is 1. The normalized spacial score (nSPS) is 19.2. The molecule has 0 aromatic heterocycles. The van der Waals surface area contributed by atoms with E-state index in [1.54, 1.807) is 0 Å². The number of nitrogens with one attached hydrogen (secondary N) is 1. The van der Waals surface area contributed by atoms with E-state index in [4.69, 9.17) is 0 Å². The van der Waals surface area contributed by atoms with Crippen molar-refractivity contribution >= 4 is 0 Å². The summed E-state index contributed by atoms with van der Waals surface area (Å²) in [5.74, 6) is 0. The van der Waals surface area contributed by atoms with Crippen LogP contribution < -0.4 is 5.32 Å². The van der Waals surface area contributed by atoms with Crippen molar-refractivity contribution in [1.29, 1.82) is 0 Å². The molecule has 0 fully saturated rings. The van der Waals surface area contributed by atoms with Crippen molar-refractivity contribution in [2.24, 2.45) is 0 Å². The summed E-state index contributed by atoms with van der Waals surface area (Å²) >= 11 is 0. The largest absolute Gasteiger partial charge is 0.303 e. The van der Waals surface area contributed by atoms with Crippen LogP contribution in [0.2, 0.25) is 0 Å². The molecule has 0 saturated carbocycles. The Labute approximate surface area is 115 Å². The van der Waals surface area contributed by atoms with Crippen molar-refractivity contribution in [2.75, 3.05) is 0 Å². The molecule has 0 heterocycles. The second-order valence-electron chi connectivity index (χ2n) is 5.59. The average molecular weight is 251 g/mol. The van der Waals surface area contributed by atoms with Gasteiger partial charge in [0.25, 0.3) is 0 Å². The van der Waals surface area contributed by atoms with Crippen molar-refractivity contribution in [3.8, 4) is 0 Å². The van der Waals surface area contributed by atoms with E-state index in [1.807, 2.05) is 0 Å². The van der Waals surface area contributed by atoms with E-state index < -0.39 is 0 Å². The van der Waals surface area contributed by atoms with Gasteiger partial charge in [-0.05, 0) is 43.4 Å².